The smallest absolute Gasteiger partial charge is 0.222 e. The van der Waals surface area contributed by atoms with Gasteiger partial charge in [0.15, 0.2) is 0 Å². The van der Waals surface area contributed by atoms with Crippen LogP contribution in [-0.2, 0) is 0 Å². The predicted octanol–water partition coefficient (Wildman–Crippen LogP) is 6.31. The maximum atomic E-state index is 6.18. The lowest BCUT2D eigenvalue weighted by Crippen LogP contribution is -1.98. The van der Waals surface area contributed by atoms with Gasteiger partial charge in [-0.2, -0.15) is 5.10 Å². The van der Waals surface area contributed by atoms with Crippen LogP contribution in [0.1, 0.15) is 0 Å². The second-order valence-corrected chi connectivity index (χ2v) is 8.07. The van der Waals surface area contributed by atoms with Gasteiger partial charge in [-0.05, 0) is 58.4 Å². The average Bonchev–Trinajstić information content (AvgIpc) is 3.46. The minimum absolute atomic E-state index is 0.477. The maximum Gasteiger partial charge on any atom is 0.222 e. The van der Waals surface area contributed by atoms with E-state index in [2.05, 4.69) is 59.8 Å². The lowest BCUT2D eigenvalue weighted by molar-refractivity contribution is 0.462. The van der Waals surface area contributed by atoms with Gasteiger partial charge in [-0.15, -0.1) is 0 Å². The molecule has 0 aliphatic carbocycles. The van der Waals surface area contributed by atoms with E-state index in [1.54, 1.807) is 17.1 Å². The van der Waals surface area contributed by atoms with Gasteiger partial charge in [-0.1, -0.05) is 24.3 Å². The lowest BCUT2D eigenvalue weighted by atomic mass is 10.1. The first-order valence-electron chi connectivity index (χ1n) is 10.1. The zero-order valence-corrected chi connectivity index (χ0v) is 18.3. The molecule has 0 spiro atoms. The molecule has 6 aromatic rings. The van der Waals surface area contributed by atoms with E-state index in [0.717, 1.165) is 27.9 Å². The van der Waals surface area contributed by atoms with E-state index in [1.165, 1.54) is 5.39 Å². The van der Waals surface area contributed by atoms with Gasteiger partial charge in [0.25, 0.3) is 0 Å². The number of halogens is 1. The molecule has 0 amide bonds. The summed E-state index contributed by atoms with van der Waals surface area (Å²) >= 11 is 3.47. The summed E-state index contributed by atoms with van der Waals surface area (Å²) in [5.41, 5.74) is 2.97. The third-order valence-corrected chi connectivity index (χ3v) is 5.68. The van der Waals surface area contributed by atoms with Gasteiger partial charge >= 0.3 is 0 Å². The highest BCUT2D eigenvalue weighted by Crippen LogP contribution is 2.35. The minimum Gasteiger partial charge on any atom is -0.439 e. The van der Waals surface area contributed by atoms with E-state index in [9.17, 15) is 0 Å². The largest absolute Gasteiger partial charge is 0.439 e. The fourth-order valence-corrected chi connectivity index (χ4v) is 4.34. The van der Waals surface area contributed by atoms with Gasteiger partial charge in [-0.25, -0.2) is 14.6 Å². The summed E-state index contributed by atoms with van der Waals surface area (Å²) in [6.07, 6.45) is 5.42. The Balaban J connectivity index is 1.49. The van der Waals surface area contributed by atoms with Crippen molar-refractivity contribution < 1.29 is 4.74 Å². The average molecular weight is 482 g/mol. The summed E-state index contributed by atoms with van der Waals surface area (Å²) in [4.78, 5) is 9.06. The molecule has 4 aromatic heterocycles. The van der Waals surface area contributed by atoms with Crippen LogP contribution in [0.2, 0.25) is 0 Å². The summed E-state index contributed by atoms with van der Waals surface area (Å²) in [5, 5.41) is 6.59. The van der Waals surface area contributed by atoms with Crippen molar-refractivity contribution in [1.82, 2.24) is 24.3 Å². The predicted molar refractivity (Wildman–Crippen MR) is 128 cm³/mol. The van der Waals surface area contributed by atoms with Crippen LogP contribution in [0.4, 0.5) is 0 Å². The Morgan fingerprint density at radius 1 is 0.781 bits per heavy atom. The zero-order valence-electron chi connectivity index (χ0n) is 16.8. The third kappa shape index (κ3) is 3.23. The second kappa shape index (κ2) is 7.62. The van der Waals surface area contributed by atoms with Crippen molar-refractivity contribution in [1.29, 1.82) is 0 Å². The summed E-state index contributed by atoms with van der Waals surface area (Å²) in [6, 6.07) is 25.9. The number of fused-ring (bicyclic) bond motifs is 3. The number of nitrogens with zero attached hydrogens (tertiary/aromatic N) is 5. The van der Waals surface area contributed by atoms with Crippen LogP contribution in [0.5, 0.6) is 11.6 Å². The Labute approximate surface area is 191 Å². The van der Waals surface area contributed by atoms with E-state index in [0.29, 0.717) is 16.2 Å². The fourth-order valence-electron chi connectivity index (χ4n) is 3.93. The molecular formula is C25H16BrN5O. The third-order valence-electron chi connectivity index (χ3n) is 5.27. The molecule has 0 fully saturated rings. The Morgan fingerprint density at radius 2 is 1.66 bits per heavy atom. The van der Waals surface area contributed by atoms with Crippen LogP contribution >= 0.6 is 15.9 Å². The molecule has 154 valence electrons. The molecule has 6 rings (SSSR count). The standard InChI is InChI=1S/C25H16BrN5O/c26-23-14-17(30-13-5-12-28-30)15-25(29-23)32-18-9-10-20-19-6-1-2-7-21(19)31(22(20)16-18)24-8-3-4-11-27-24/h1-16H. The number of para-hydroxylation sites is 1. The van der Waals surface area contributed by atoms with Crippen LogP contribution in [0.15, 0.2) is 102 Å². The van der Waals surface area contributed by atoms with Gasteiger partial charge in [0.1, 0.15) is 16.2 Å². The molecule has 0 bridgehead atoms. The Bertz CT molecular complexity index is 1560. The Hall–Kier alpha value is -3.97. The SMILES string of the molecule is Brc1cc(-n2cccn2)cc(Oc2ccc3c4ccccc4n(-c4ccccn4)c3c2)n1. The van der Waals surface area contributed by atoms with Gasteiger partial charge in [0.05, 0.1) is 16.7 Å². The second-order valence-electron chi connectivity index (χ2n) is 7.26. The molecule has 7 heteroatoms. The number of hydrogen-bond acceptors (Lipinski definition) is 4. The summed E-state index contributed by atoms with van der Waals surface area (Å²) in [7, 11) is 0. The Morgan fingerprint density at radius 3 is 2.50 bits per heavy atom. The minimum atomic E-state index is 0.477. The molecule has 0 aliphatic rings. The molecule has 0 unspecified atom stereocenters. The van der Waals surface area contributed by atoms with Gasteiger partial charge < -0.3 is 4.74 Å². The number of hydrogen-bond donors (Lipinski definition) is 0. The fraction of sp³-hybridized carbons (Fsp3) is 0. The van der Waals surface area contributed by atoms with Crippen molar-refractivity contribution in [2.75, 3.05) is 0 Å². The normalized spacial score (nSPS) is 11.3. The van der Waals surface area contributed by atoms with Crippen molar-refractivity contribution >= 4 is 37.7 Å². The highest BCUT2D eigenvalue weighted by Gasteiger charge is 2.14. The number of ether oxygens (including phenoxy) is 1. The number of benzene rings is 2. The Kier molecular flexibility index (Phi) is 4.47. The lowest BCUT2D eigenvalue weighted by Gasteiger charge is -2.10. The van der Waals surface area contributed by atoms with Crippen molar-refractivity contribution in [3.8, 4) is 23.1 Å². The zero-order chi connectivity index (χ0) is 21.5. The van der Waals surface area contributed by atoms with Crippen LogP contribution < -0.4 is 4.74 Å². The van der Waals surface area contributed by atoms with Gasteiger partial charge in [-0.3, -0.25) is 4.57 Å². The molecule has 0 radical (unpaired) electrons. The molecule has 32 heavy (non-hydrogen) atoms. The van der Waals surface area contributed by atoms with Crippen molar-refractivity contribution in [3.05, 3.63) is 102 Å². The van der Waals surface area contributed by atoms with E-state index in [4.69, 9.17) is 4.74 Å². The molecule has 0 aliphatic heterocycles. The topological polar surface area (TPSA) is 57.8 Å². The van der Waals surface area contributed by atoms with Crippen molar-refractivity contribution in [2.24, 2.45) is 0 Å². The van der Waals surface area contributed by atoms with Crippen LogP contribution in [0.25, 0.3) is 33.3 Å². The van der Waals surface area contributed by atoms with E-state index in [-0.39, 0.29) is 0 Å². The van der Waals surface area contributed by atoms with Crippen molar-refractivity contribution in [2.45, 2.75) is 0 Å². The molecule has 4 heterocycles. The molecular weight excluding hydrogens is 466 g/mol. The molecule has 0 saturated carbocycles. The number of pyridine rings is 2. The summed E-state index contributed by atoms with van der Waals surface area (Å²) in [5.74, 6) is 2.02. The van der Waals surface area contributed by atoms with Gasteiger partial charge in [0.2, 0.25) is 5.88 Å². The first-order chi connectivity index (χ1) is 15.8. The van der Waals surface area contributed by atoms with Crippen LogP contribution in [-0.4, -0.2) is 24.3 Å². The van der Waals surface area contributed by atoms with E-state index >= 15 is 0 Å². The number of aromatic nitrogens is 5. The molecule has 0 saturated heterocycles. The maximum absolute atomic E-state index is 6.18. The number of rotatable bonds is 4. The van der Waals surface area contributed by atoms with Gasteiger partial charge in [0, 0.05) is 41.5 Å². The quantitative estimate of drug-likeness (QED) is 0.276. The summed E-state index contributed by atoms with van der Waals surface area (Å²) < 4.78 is 10.8. The van der Waals surface area contributed by atoms with E-state index < -0.39 is 0 Å². The molecule has 0 atom stereocenters. The highest BCUT2D eigenvalue weighted by molar-refractivity contribution is 9.10. The van der Waals surface area contributed by atoms with Crippen LogP contribution in [0, 0.1) is 0 Å². The van der Waals surface area contributed by atoms with Crippen molar-refractivity contribution in [3.63, 3.8) is 0 Å². The van der Waals surface area contributed by atoms with Crippen LogP contribution in [0.3, 0.4) is 0 Å². The monoisotopic (exact) mass is 481 g/mol. The highest BCUT2D eigenvalue weighted by atomic mass is 79.9. The molecule has 6 nitrogen and oxygen atoms in total. The first kappa shape index (κ1) is 18.8. The van der Waals surface area contributed by atoms with E-state index in [1.807, 2.05) is 60.8 Å². The first-order valence-corrected chi connectivity index (χ1v) is 10.9. The summed E-state index contributed by atoms with van der Waals surface area (Å²) in [6.45, 7) is 0. The molecule has 2 aromatic carbocycles. The molecule has 0 N–H and O–H groups in total.